The van der Waals surface area contributed by atoms with Crippen molar-refractivity contribution in [2.24, 2.45) is 0 Å². The summed E-state index contributed by atoms with van der Waals surface area (Å²) in [6, 6.07) is 0. The topological polar surface area (TPSA) is 40.5 Å². The minimum absolute atomic E-state index is 0.0552. The summed E-state index contributed by atoms with van der Waals surface area (Å²) in [7, 11) is 0. The van der Waals surface area contributed by atoms with Gasteiger partial charge in [0.15, 0.2) is 0 Å². The van der Waals surface area contributed by atoms with E-state index in [0.717, 1.165) is 25.7 Å². The summed E-state index contributed by atoms with van der Waals surface area (Å²) in [6.07, 6.45) is 15.3. The second-order valence-corrected chi connectivity index (χ2v) is 6.05. The van der Waals surface area contributed by atoms with Crippen molar-refractivity contribution in [2.45, 2.75) is 110 Å². The molecule has 0 spiro atoms. The molecule has 0 aromatic carbocycles. The lowest BCUT2D eigenvalue weighted by Gasteiger charge is -2.09. The van der Waals surface area contributed by atoms with Gasteiger partial charge >= 0.3 is 0 Å². The van der Waals surface area contributed by atoms with Gasteiger partial charge in [0.2, 0.25) is 0 Å². The molecule has 2 heteroatoms. The fourth-order valence-corrected chi connectivity index (χ4v) is 2.46. The predicted molar refractivity (Wildman–Crippen MR) is 83.4 cm³/mol. The lowest BCUT2D eigenvalue weighted by Crippen LogP contribution is -2.05. The molecule has 19 heavy (non-hydrogen) atoms. The number of unbranched alkanes of at least 4 members (excludes halogenated alkanes) is 8. The molecular weight excluding hydrogens is 236 g/mol. The Balaban J connectivity index is 3.06. The number of aliphatic hydroxyl groups is 2. The Bertz CT molecular complexity index is 169. The van der Waals surface area contributed by atoms with Gasteiger partial charge in [-0.05, 0) is 26.2 Å². The number of aliphatic hydroxyl groups excluding tert-OH is 2. The predicted octanol–water partition coefficient (Wildman–Crippen LogP) is 4.82. The van der Waals surface area contributed by atoms with Crippen molar-refractivity contribution in [3.63, 3.8) is 0 Å². The second-order valence-electron chi connectivity index (χ2n) is 6.05. The highest BCUT2D eigenvalue weighted by molar-refractivity contribution is 4.56. The molecule has 0 aliphatic heterocycles. The standard InChI is InChI=1S/C17H36O2/c1-3-4-14-17(19)15-12-10-8-6-5-7-9-11-13-16(2)18/h16-19H,3-15H2,1-2H3. The zero-order chi connectivity index (χ0) is 14.3. The molecule has 0 fully saturated rings. The zero-order valence-electron chi connectivity index (χ0n) is 13.2. The van der Waals surface area contributed by atoms with Gasteiger partial charge < -0.3 is 10.2 Å². The third-order valence-electron chi connectivity index (χ3n) is 3.80. The lowest BCUT2D eigenvalue weighted by atomic mass is 10.0. The minimum atomic E-state index is -0.126. The van der Waals surface area contributed by atoms with Gasteiger partial charge in [-0.25, -0.2) is 0 Å². The summed E-state index contributed by atoms with van der Waals surface area (Å²) in [5, 5.41) is 18.8. The molecule has 2 unspecified atom stereocenters. The van der Waals surface area contributed by atoms with Gasteiger partial charge in [0.25, 0.3) is 0 Å². The largest absolute Gasteiger partial charge is 0.393 e. The van der Waals surface area contributed by atoms with Crippen molar-refractivity contribution < 1.29 is 10.2 Å². The van der Waals surface area contributed by atoms with Gasteiger partial charge in [-0.2, -0.15) is 0 Å². The Labute approximate surface area is 120 Å². The van der Waals surface area contributed by atoms with Crippen LogP contribution in [0.4, 0.5) is 0 Å². The van der Waals surface area contributed by atoms with Crippen molar-refractivity contribution >= 4 is 0 Å². The minimum Gasteiger partial charge on any atom is -0.393 e. The van der Waals surface area contributed by atoms with E-state index in [-0.39, 0.29) is 12.2 Å². The SMILES string of the molecule is CCCCC(O)CCCCCCCCCCC(C)O. The number of hydrogen-bond acceptors (Lipinski definition) is 2. The van der Waals surface area contributed by atoms with Crippen LogP contribution in [-0.2, 0) is 0 Å². The van der Waals surface area contributed by atoms with Crippen LogP contribution in [-0.4, -0.2) is 22.4 Å². The molecule has 0 saturated carbocycles. The second kappa shape index (κ2) is 14.3. The van der Waals surface area contributed by atoms with Crippen LogP contribution >= 0.6 is 0 Å². The average Bonchev–Trinajstić information content (AvgIpc) is 2.38. The van der Waals surface area contributed by atoms with Gasteiger partial charge in [-0.3, -0.25) is 0 Å². The van der Waals surface area contributed by atoms with Crippen LogP contribution in [0.5, 0.6) is 0 Å². The van der Waals surface area contributed by atoms with Crippen LogP contribution in [0.15, 0.2) is 0 Å². The zero-order valence-corrected chi connectivity index (χ0v) is 13.2. The molecule has 0 saturated heterocycles. The van der Waals surface area contributed by atoms with Crippen molar-refractivity contribution in [1.29, 1.82) is 0 Å². The highest BCUT2D eigenvalue weighted by atomic mass is 16.3. The van der Waals surface area contributed by atoms with Crippen LogP contribution in [0.2, 0.25) is 0 Å². The molecule has 2 nitrogen and oxygen atoms in total. The first-order valence-corrected chi connectivity index (χ1v) is 8.53. The fraction of sp³-hybridized carbons (Fsp3) is 1.00. The van der Waals surface area contributed by atoms with E-state index in [1.807, 2.05) is 6.92 Å². The van der Waals surface area contributed by atoms with E-state index in [1.165, 1.54) is 57.8 Å². The van der Waals surface area contributed by atoms with Crippen LogP contribution in [0.3, 0.4) is 0 Å². The van der Waals surface area contributed by atoms with Gasteiger partial charge in [0.05, 0.1) is 12.2 Å². The maximum Gasteiger partial charge on any atom is 0.0540 e. The monoisotopic (exact) mass is 272 g/mol. The first kappa shape index (κ1) is 18.9. The lowest BCUT2D eigenvalue weighted by molar-refractivity contribution is 0.148. The van der Waals surface area contributed by atoms with E-state index in [9.17, 15) is 5.11 Å². The van der Waals surface area contributed by atoms with Crippen molar-refractivity contribution in [2.75, 3.05) is 0 Å². The fourth-order valence-electron chi connectivity index (χ4n) is 2.46. The van der Waals surface area contributed by atoms with E-state index in [4.69, 9.17) is 5.11 Å². The third-order valence-corrected chi connectivity index (χ3v) is 3.80. The van der Waals surface area contributed by atoms with Crippen LogP contribution in [0.1, 0.15) is 97.3 Å². The molecule has 0 radical (unpaired) electrons. The Hall–Kier alpha value is -0.0800. The van der Waals surface area contributed by atoms with Crippen molar-refractivity contribution in [1.82, 2.24) is 0 Å². The van der Waals surface area contributed by atoms with Gasteiger partial charge in [-0.1, -0.05) is 71.1 Å². The summed E-state index contributed by atoms with van der Waals surface area (Å²) in [4.78, 5) is 0. The third kappa shape index (κ3) is 15.9. The molecule has 0 aliphatic rings. The summed E-state index contributed by atoms with van der Waals surface area (Å²) in [5.74, 6) is 0. The Kier molecular flexibility index (Phi) is 14.3. The van der Waals surface area contributed by atoms with E-state index < -0.39 is 0 Å². The van der Waals surface area contributed by atoms with Crippen LogP contribution < -0.4 is 0 Å². The smallest absolute Gasteiger partial charge is 0.0540 e. The Morgan fingerprint density at radius 3 is 1.53 bits per heavy atom. The van der Waals surface area contributed by atoms with Crippen LogP contribution in [0.25, 0.3) is 0 Å². The molecule has 2 atom stereocenters. The Morgan fingerprint density at radius 2 is 1.05 bits per heavy atom. The normalized spacial score (nSPS) is 14.5. The molecule has 0 aromatic rings. The number of rotatable bonds is 14. The summed E-state index contributed by atoms with van der Waals surface area (Å²) >= 11 is 0. The molecule has 0 aromatic heterocycles. The quantitative estimate of drug-likeness (QED) is 0.445. The average molecular weight is 272 g/mol. The summed E-state index contributed by atoms with van der Waals surface area (Å²) < 4.78 is 0. The van der Waals surface area contributed by atoms with E-state index in [2.05, 4.69) is 6.92 Å². The molecule has 0 heterocycles. The molecule has 0 aliphatic carbocycles. The van der Waals surface area contributed by atoms with Crippen molar-refractivity contribution in [3.8, 4) is 0 Å². The molecule has 0 rings (SSSR count). The van der Waals surface area contributed by atoms with E-state index in [1.54, 1.807) is 0 Å². The van der Waals surface area contributed by atoms with Gasteiger partial charge in [0, 0.05) is 0 Å². The molecular formula is C17H36O2. The summed E-state index contributed by atoms with van der Waals surface area (Å²) in [6.45, 7) is 4.04. The molecule has 116 valence electrons. The maximum atomic E-state index is 9.70. The highest BCUT2D eigenvalue weighted by Gasteiger charge is 2.02. The summed E-state index contributed by atoms with van der Waals surface area (Å²) in [5.41, 5.74) is 0. The van der Waals surface area contributed by atoms with Gasteiger partial charge in [0.1, 0.15) is 0 Å². The molecule has 0 bridgehead atoms. The van der Waals surface area contributed by atoms with E-state index >= 15 is 0 Å². The molecule has 0 amide bonds. The maximum absolute atomic E-state index is 9.70. The van der Waals surface area contributed by atoms with Crippen LogP contribution in [0, 0.1) is 0 Å². The Morgan fingerprint density at radius 1 is 0.632 bits per heavy atom. The molecule has 2 N–H and O–H groups in total. The first-order chi connectivity index (χ1) is 9.16. The highest BCUT2D eigenvalue weighted by Crippen LogP contribution is 2.13. The number of hydrogen-bond donors (Lipinski definition) is 2. The van der Waals surface area contributed by atoms with Gasteiger partial charge in [-0.15, -0.1) is 0 Å². The van der Waals surface area contributed by atoms with Crippen molar-refractivity contribution in [3.05, 3.63) is 0 Å². The van der Waals surface area contributed by atoms with E-state index in [0.29, 0.717) is 0 Å². The first-order valence-electron chi connectivity index (χ1n) is 8.53.